The molecule has 2 aliphatic heterocycles. The van der Waals surface area contributed by atoms with Crippen LogP contribution in [0.4, 0.5) is 0 Å². The Labute approximate surface area is 129 Å². The van der Waals surface area contributed by atoms with Gasteiger partial charge < -0.3 is 5.32 Å². The van der Waals surface area contributed by atoms with Crippen LogP contribution in [0.1, 0.15) is 51.9 Å². The maximum absolute atomic E-state index is 12.9. The molecule has 0 spiro atoms. The molecule has 1 N–H and O–H groups in total. The van der Waals surface area contributed by atoms with Crippen molar-refractivity contribution in [3.8, 4) is 0 Å². The zero-order valence-corrected chi connectivity index (χ0v) is 13.9. The van der Waals surface area contributed by atoms with Crippen molar-refractivity contribution in [2.75, 3.05) is 26.2 Å². The summed E-state index contributed by atoms with van der Waals surface area (Å²) in [5.74, 6) is 0.549. The topological polar surface area (TPSA) is 52.7 Å². The molecule has 0 aromatic carbocycles. The van der Waals surface area contributed by atoms with Crippen LogP contribution in [0, 0.1) is 5.92 Å². The SMILES string of the molecule is CCC1CCN(S(=O)(=O)N2CCCCC2CNC2CC2)C1. The van der Waals surface area contributed by atoms with Crippen LogP contribution in [0.3, 0.4) is 0 Å². The summed E-state index contributed by atoms with van der Waals surface area (Å²) < 4.78 is 29.4. The quantitative estimate of drug-likeness (QED) is 0.809. The predicted molar refractivity (Wildman–Crippen MR) is 84.3 cm³/mol. The number of nitrogens with zero attached hydrogens (tertiary/aromatic N) is 2. The van der Waals surface area contributed by atoms with Gasteiger partial charge in [0.25, 0.3) is 10.2 Å². The molecule has 2 unspecified atom stereocenters. The van der Waals surface area contributed by atoms with E-state index in [9.17, 15) is 8.42 Å². The fourth-order valence-corrected chi connectivity index (χ4v) is 5.51. The molecule has 6 heteroatoms. The molecule has 5 nitrogen and oxygen atoms in total. The van der Waals surface area contributed by atoms with Gasteiger partial charge in [-0.2, -0.15) is 17.0 Å². The van der Waals surface area contributed by atoms with Crippen molar-refractivity contribution in [3.05, 3.63) is 0 Å². The van der Waals surface area contributed by atoms with Gasteiger partial charge >= 0.3 is 0 Å². The lowest BCUT2D eigenvalue weighted by atomic mass is 10.1. The van der Waals surface area contributed by atoms with Crippen LogP contribution < -0.4 is 5.32 Å². The predicted octanol–water partition coefficient (Wildman–Crippen LogP) is 1.57. The first-order valence-corrected chi connectivity index (χ1v) is 10.0. The highest BCUT2D eigenvalue weighted by atomic mass is 32.2. The van der Waals surface area contributed by atoms with E-state index in [1.54, 1.807) is 8.61 Å². The molecule has 2 atom stereocenters. The molecule has 0 aromatic rings. The zero-order valence-electron chi connectivity index (χ0n) is 13.1. The lowest BCUT2D eigenvalue weighted by Crippen LogP contribution is -2.53. The van der Waals surface area contributed by atoms with Gasteiger partial charge in [-0.3, -0.25) is 0 Å². The van der Waals surface area contributed by atoms with Crippen LogP contribution in [0.25, 0.3) is 0 Å². The molecule has 3 aliphatic rings. The van der Waals surface area contributed by atoms with Crippen LogP contribution in [-0.2, 0) is 10.2 Å². The summed E-state index contributed by atoms with van der Waals surface area (Å²) >= 11 is 0. The summed E-state index contributed by atoms with van der Waals surface area (Å²) in [5, 5.41) is 3.51. The summed E-state index contributed by atoms with van der Waals surface area (Å²) in [6, 6.07) is 0.803. The van der Waals surface area contributed by atoms with Gasteiger partial charge in [0, 0.05) is 38.3 Å². The third-order valence-corrected chi connectivity index (χ3v) is 7.30. The standard InChI is InChI=1S/C15H29N3O2S/c1-2-13-8-10-17(12-13)21(19,20)18-9-4-3-5-15(18)11-16-14-6-7-14/h13-16H,2-12H2,1H3. The lowest BCUT2D eigenvalue weighted by Gasteiger charge is -2.37. The fourth-order valence-electron chi connectivity index (χ4n) is 3.56. The van der Waals surface area contributed by atoms with Gasteiger partial charge in [0.1, 0.15) is 0 Å². The summed E-state index contributed by atoms with van der Waals surface area (Å²) in [7, 11) is -3.25. The summed E-state index contributed by atoms with van der Waals surface area (Å²) in [6.07, 6.45) is 7.77. The third kappa shape index (κ3) is 3.60. The minimum absolute atomic E-state index is 0.157. The largest absolute Gasteiger partial charge is 0.312 e. The van der Waals surface area contributed by atoms with Crippen LogP contribution in [0.15, 0.2) is 0 Å². The monoisotopic (exact) mass is 315 g/mol. The van der Waals surface area contributed by atoms with E-state index in [1.807, 2.05) is 0 Å². The van der Waals surface area contributed by atoms with Gasteiger partial charge in [-0.05, 0) is 38.0 Å². The smallest absolute Gasteiger partial charge is 0.282 e. The van der Waals surface area contributed by atoms with E-state index in [1.165, 1.54) is 12.8 Å². The third-order valence-electron chi connectivity index (χ3n) is 5.24. The minimum Gasteiger partial charge on any atom is -0.312 e. The fraction of sp³-hybridized carbons (Fsp3) is 1.00. The Balaban J connectivity index is 1.65. The van der Waals surface area contributed by atoms with Gasteiger partial charge in [-0.15, -0.1) is 0 Å². The van der Waals surface area contributed by atoms with Crippen molar-refractivity contribution >= 4 is 10.2 Å². The molecule has 122 valence electrons. The first kappa shape index (κ1) is 15.7. The summed E-state index contributed by atoms with van der Waals surface area (Å²) in [4.78, 5) is 0. The Bertz CT molecular complexity index is 450. The average Bonchev–Trinajstić information content (AvgIpc) is 3.19. The van der Waals surface area contributed by atoms with E-state index in [0.717, 1.165) is 45.2 Å². The number of nitrogens with one attached hydrogen (secondary N) is 1. The number of rotatable bonds is 6. The van der Waals surface area contributed by atoms with E-state index in [4.69, 9.17) is 0 Å². The van der Waals surface area contributed by atoms with Gasteiger partial charge in [0.2, 0.25) is 0 Å². The van der Waals surface area contributed by atoms with E-state index in [0.29, 0.717) is 25.0 Å². The van der Waals surface area contributed by atoms with Crippen molar-refractivity contribution < 1.29 is 8.42 Å². The minimum atomic E-state index is -3.25. The molecule has 1 aliphatic carbocycles. The first-order valence-electron chi connectivity index (χ1n) is 8.61. The number of hydrogen-bond acceptors (Lipinski definition) is 3. The molecule has 2 heterocycles. The molecule has 2 saturated heterocycles. The van der Waals surface area contributed by atoms with E-state index in [-0.39, 0.29) is 6.04 Å². The normalized spacial score (nSPS) is 32.6. The average molecular weight is 315 g/mol. The van der Waals surface area contributed by atoms with Gasteiger partial charge in [0.15, 0.2) is 0 Å². The van der Waals surface area contributed by atoms with Gasteiger partial charge in [-0.1, -0.05) is 19.8 Å². The van der Waals surface area contributed by atoms with Crippen LogP contribution in [-0.4, -0.2) is 55.3 Å². The second-order valence-corrected chi connectivity index (χ2v) is 8.75. The van der Waals surface area contributed by atoms with E-state index in [2.05, 4.69) is 12.2 Å². The van der Waals surface area contributed by atoms with Crippen molar-refractivity contribution in [1.29, 1.82) is 0 Å². The molecule has 0 bridgehead atoms. The molecule has 0 radical (unpaired) electrons. The lowest BCUT2D eigenvalue weighted by molar-refractivity contribution is 0.229. The zero-order chi connectivity index (χ0) is 14.9. The Morgan fingerprint density at radius 2 is 1.90 bits per heavy atom. The molecule has 3 rings (SSSR count). The van der Waals surface area contributed by atoms with Gasteiger partial charge in [-0.25, -0.2) is 0 Å². The molecule has 0 aromatic heterocycles. The highest BCUT2D eigenvalue weighted by Gasteiger charge is 2.39. The van der Waals surface area contributed by atoms with Crippen LogP contribution in [0.2, 0.25) is 0 Å². The van der Waals surface area contributed by atoms with Crippen molar-refractivity contribution in [2.24, 2.45) is 5.92 Å². The van der Waals surface area contributed by atoms with Crippen LogP contribution >= 0.6 is 0 Å². The highest BCUT2D eigenvalue weighted by Crippen LogP contribution is 2.28. The maximum atomic E-state index is 12.9. The second-order valence-electron chi connectivity index (χ2n) is 6.87. The van der Waals surface area contributed by atoms with E-state index >= 15 is 0 Å². The van der Waals surface area contributed by atoms with E-state index < -0.39 is 10.2 Å². The molecule has 0 amide bonds. The van der Waals surface area contributed by atoms with Gasteiger partial charge in [0.05, 0.1) is 0 Å². The Morgan fingerprint density at radius 1 is 1.10 bits per heavy atom. The summed E-state index contributed by atoms with van der Waals surface area (Å²) in [5.41, 5.74) is 0. The molecule has 3 fully saturated rings. The van der Waals surface area contributed by atoms with Crippen molar-refractivity contribution in [2.45, 2.75) is 64.0 Å². The van der Waals surface area contributed by atoms with Crippen molar-refractivity contribution in [3.63, 3.8) is 0 Å². The molecular weight excluding hydrogens is 286 g/mol. The van der Waals surface area contributed by atoms with Crippen molar-refractivity contribution in [1.82, 2.24) is 13.9 Å². The molecule has 21 heavy (non-hydrogen) atoms. The Morgan fingerprint density at radius 3 is 2.57 bits per heavy atom. The molecular formula is C15H29N3O2S. The first-order chi connectivity index (χ1) is 10.1. The van der Waals surface area contributed by atoms with Crippen LogP contribution in [0.5, 0.6) is 0 Å². The highest BCUT2D eigenvalue weighted by molar-refractivity contribution is 7.86. The maximum Gasteiger partial charge on any atom is 0.282 e. The Hall–Kier alpha value is -0.170. The number of hydrogen-bond donors (Lipinski definition) is 1. The molecule has 1 saturated carbocycles. The summed E-state index contributed by atoms with van der Waals surface area (Å²) in [6.45, 7) is 5.11. The second kappa shape index (κ2) is 6.52. The number of piperidine rings is 1. The Kier molecular flexibility index (Phi) is 4.88.